The largest absolute Gasteiger partial charge is 0.361 e. The topological polar surface area (TPSA) is 89.3 Å². The van der Waals surface area contributed by atoms with Gasteiger partial charge in [0.25, 0.3) is 0 Å². The first-order chi connectivity index (χ1) is 16.5. The van der Waals surface area contributed by atoms with Gasteiger partial charge in [0.05, 0.1) is 12.1 Å². The SMILES string of the molecule is CNC(C)C(=O)NC(C(=O)N1CCC2NCC(c3c[nH]c4cc(F)ccc34)C21)C1CCCCC1. The molecule has 0 spiro atoms. The molecule has 4 N–H and O–H groups in total. The number of aromatic amines is 1. The molecular formula is C26H36FN5O2. The minimum Gasteiger partial charge on any atom is -0.361 e. The van der Waals surface area contributed by atoms with Crippen molar-refractivity contribution in [3.8, 4) is 0 Å². The van der Waals surface area contributed by atoms with E-state index in [2.05, 4.69) is 20.9 Å². The maximum absolute atomic E-state index is 14.1. The average molecular weight is 470 g/mol. The average Bonchev–Trinajstić information content (AvgIpc) is 3.56. The molecule has 1 aliphatic carbocycles. The molecule has 8 heteroatoms. The van der Waals surface area contributed by atoms with E-state index in [1.165, 1.54) is 18.6 Å². The van der Waals surface area contributed by atoms with Crippen molar-refractivity contribution < 1.29 is 14.0 Å². The van der Waals surface area contributed by atoms with Gasteiger partial charge in [0.1, 0.15) is 11.9 Å². The van der Waals surface area contributed by atoms with E-state index in [0.717, 1.165) is 55.1 Å². The zero-order chi connectivity index (χ0) is 23.8. The highest BCUT2D eigenvalue weighted by Crippen LogP contribution is 2.40. The molecule has 2 amide bonds. The third-order valence-electron chi connectivity index (χ3n) is 8.34. The minimum absolute atomic E-state index is 0.0290. The van der Waals surface area contributed by atoms with Gasteiger partial charge in [0.2, 0.25) is 11.8 Å². The number of rotatable bonds is 6. The third-order valence-corrected chi connectivity index (χ3v) is 8.34. The Bertz CT molecular complexity index is 1050. The quantitative estimate of drug-likeness (QED) is 0.524. The van der Waals surface area contributed by atoms with Gasteiger partial charge in [-0.15, -0.1) is 0 Å². The fraction of sp³-hybridized carbons (Fsp3) is 0.615. The van der Waals surface area contributed by atoms with E-state index in [-0.39, 0.29) is 47.6 Å². The van der Waals surface area contributed by atoms with E-state index in [9.17, 15) is 14.0 Å². The summed E-state index contributed by atoms with van der Waals surface area (Å²) < 4.78 is 13.7. The van der Waals surface area contributed by atoms with Crippen LogP contribution in [-0.2, 0) is 9.59 Å². The van der Waals surface area contributed by atoms with Crippen LogP contribution in [0.15, 0.2) is 24.4 Å². The van der Waals surface area contributed by atoms with Crippen LogP contribution >= 0.6 is 0 Å². The Labute approximate surface area is 200 Å². The number of hydrogen-bond donors (Lipinski definition) is 4. The van der Waals surface area contributed by atoms with Crippen molar-refractivity contribution >= 4 is 22.7 Å². The first kappa shape index (κ1) is 23.3. The molecule has 3 aliphatic rings. The Morgan fingerprint density at radius 1 is 1.18 bits per heavy atom. The molecule has 1 aromatic carbocycles. The van der Waals surface area contributed by atoms with Crippen LogP contribution in [0, 0.1) is 11.7 Å². The Morgan fingerprint density at radius 3 is 2.74 bits per heavy atom. The summed E-state index contributed by atoms with van der Waals surface area (Å²) in [5.74, 6) is -0.0350. The fourth-order valence-corrected chi connectivity index (χ4v) is 6.35. The minimum atomic E-state index is -0.485. The summed E-state index contributed by atoms with van der Waals surface area (Å²) in [7, 11) is 1.76. The van der Waals surface area contributed by atoms with E-state index < -0.39 is 6.04 Å². The molecule has 7 nitrogen and oxygen atoms in total. The molecule has 2 aromatic rings. The molecule has 5 unspecified atom stereocenters. The Morgan fingerprint density at radius 2 is 1.97 bits per heavy atom. The summed E-state index contributed by atoms with van der Waals surface area (Å²) in [6.07, 6.45) is 8.23. The van der Waals surface area contributed by atoms with Crippen LogP contribution in [0.1, 0.15) is 56.9 Å². The van der Waals surface area contributed by atoms with Crippen LogP contribution in [0.5, 0.6) is 0 Å². The fourth-order valence-electron chi connectivity index (χ4n) is 6.35. The first-order valence-electron chi connectivity index (χ1n) is 12.8. The molecule has 2 aliphatic heterocycles. The van der Waals surface area contributed by atoms with Crippen molar-refractivity contribution in [2.45, 2.75) is 75.5 Å². The van der Waals surface area contributed by atoms with Crippen LogP contribution in [0.25, 0.3) is 10.9 Å². The van der Waals surface area contributed by atoms with Gasteiger partial charge in [-0.3, -0.25) is 9.59 Å². The second-order valence-electron chi connectivity index (χ2n) is 10.3. The number of aromatic nitrogens is 1. The highest BCUT2D eigenvalue weighted by Gasteiger charge is 2.49. The third kappa shape index (κ3) is 4.22. The zero-order valence-electron chi connectivity index (χ0n) is 20.1. The second kappa shape index (κ2) is 9.66. The van der Waals surface area contributed by atoms with E-state index in [1.54, 1.807) is 7.05 Å². The normalized spacial score (nSPS) is 27.0. The number of hydrogen-bond acceptors (Lipinski definition) is 4. The van der Waals surface area contributed by atoms with Crippen molar-refractivity contribution in [1.29, 1.82) is 0 Å². The highest BCUT2D eigenvalue weighted by atomic mass is 19.1. The number of nitrogens with one attached hydrogen (secondary N) is 4. The molecule has 5 rings (SSSR count). The van der Waals surface area contributed by atoms with Gasteiger partial charge in [-0.2, -0.15) is 0 Å². The van der Waals surface area contributed by atoms with Gasteiger partial charge in [-0.25, -0.2) is 4.39 Å². The number of likely N-dealkylation sites (tertiary alicyclic amines) is 1. The van der Waals surface area contributed by atoms with Crippen molar-refractivity contribution in [2.24, 2.45) is 5.92 Å². The van der Waals surface area contributed by atoms with Crippen molar-refractivity contribution in [3.05, 3.63) is 35.8 Å². The van der Waals surface area contributed by atoms with Gasteiger partial charge in [-0.1, -0.05) is 19.3 Å². The zero-order valence-corrected chi connectivity index (χ0v) is 20.1. The lowest BCUT2D eigenvalue weighted by Crippen LogP contribution is -2.57. The van der Waals surface area contributed by atoms with E-state index in [1.807, 2.05) is 24.1 Å². The van der Waals surface area contributed by atoms with Gasteiger partial charge < -0.3 is 25.8 Å². The number of nitrogens with zero attached hydrogens (tertiary/aromatic N) is 1. The van der Waals surface area contributed by atoms with E-state index >= 15 is 0 Å². The molecule has 184 valence electrons. The Balaban J connectivity index is 1.42. The molecule has 34 heavy (non-hydrogen) atoms. The Hall–Kier alpha value is -2.45. The lowest BCUT2D eigenvalue weighted by Gasteiger charge is -2.36. The summed E-state index contributed by atoms with van der Waals surface area (Å²) in [6.45, 7) is 3.29. The molecule has 2 saturated heterocycles. The number of halogens is 1. The van der Waals surface area contributed by atoms with Crippen molar-refractivity contribution in [2.75, 3.05) is 20.1 Å². The standard InChI is InChI=1S/C26H36FN5O2/c1-15(28-2)25(33)31-23(16-6-4-3-5-7-16)26(34)32-11-10-21-24(32)20(14-29-21)19-13-30-22-12-17(27)8-9-18(19)22/h8-9,12-13,15-16,20-21,23-24,28-30H,3-7,10-11,14H2,1-2H3,(H,31,33). The van der Waals surface area contributed by atoms with Gasteiger partial charge in [-0.05, 0) is 62.9 Å². The van der Waals surface area contributed by atoms with Gasteiger partial charge in [0.15, 0.2) is 0 Å². The first-order valence-corrected chi connectivity index (χ1v) is 12.8. The highest BCUT2D eigenvalue weighted by molar-refractivity contribution is 5.90. The summed E-state index contributed by atoms with van der Waals surface area (Å²) in [5.41, 5.74) is 1.90. The van der Waals surface area contributed by atoms with Crippen LogP contribution in [-0.4, -0.2) is 66.0 Å². The van der Waals surface area contributed by atoms with Gasteiger partial charge >= 0.3 is 0 Å². The molecular weight excluding hydrogens is 433 g/mol. The predicted molar refractivity (Wildman–Crippen MR) is 130 cm³/mol. The van der Waals surface area contributed by atoms with E-state index in [4.69, 9.17) is 0 Å². The number of amides is 2. The summed E-state index contributed by atoms with van der Waals surface area (Å²) >= 11 is 0. The monoisotopic (exact) mass is 469 g/mol. The van der Waals surface area contributed by atoms with Gasteiger partial charge in [0, 0.05) is 42.1 Å². The maximum Gasteiger partial charge on any atom is 0.245 e. The molecule has 1 saturated carbocycles. The lowest BCUT2D eigenvalue weighted by molar-refractivity contribution is -0.139. The van der Waals surface area contributed by atoms with Crippen LogP contribution in [0.4, 0.5) is 4.39 Å². The summed E-state index contributed by atoms with van der Waals surface area (Å²) in [5, 5.41) is 10.7. The maximum atomic E-state index is 14.1. The number of likely N-dealkylation sites (N-methyl/N-ethyl adjacent to an activating group) is 1. The number of H-pyrrole nitrogens is 1. The molecule has 5 atom stereocenters. The smallest absolute Gasteiger partial charge is 0.245 e. The van der Waals surface area contributed by atoms with Crippen molar-refractivity contribution in [1.82, 2.24) is 25.8 Å². The molecule has 0 radical (unpaired) electrons. The summed E-state index contributed by atoms with van der Waals surface area (Å²) in [6, 6.07) is 4.27. The molecule has 1 aromatic heterocycles. The molecule has 3 heterocycles. The second-order valence-corrected chi connectivity index (χ2v) is 10.3. The number of carbonyl (C=O) groups excluding carboxylic acids is 2. The summed E-state index contributed by atoms with van der Waals surface area (Å²) in [4.78, 5) is 32.1. The Kier molecular flexibility index (Phi) is 6.62. The predicted octanol–water partition coefficient (Wildman–Crippen LogP) is 2.64. The lowest BCUT2D eigenvalue weighted by atomic mass is 9.82. The number of benzene rings is 1. The van der Waals surface area contributed by atoms with Crippen LogP contribution < -0.4 is 16.0 Å². The molecule has 3 fully saturated rings. The molecule has 0 bridgehead atoms. The number of fused-ring (bicyclic) bond motifs is 2. The van der Waals surface area contributed by atoms with Crippen LogP contribution in [0.2, 0.25) is 0 Å². The number of carbonyl (C=O) groups is 2. The van der Waals surface area contributed by atoms with Crippen molar-refractivity contribution in [3.63, 3.8) is 0 Å². The van der Waals surface area contributed by atoms with Crippen LogP contribution in [0.3, 0.4) is 0 Å². The van der Waals surface area contributed by atoms with E-state index in [0.29, 0.717) is 6.54 Å².